The van der Waals surface area contributed by atoms with Crippen molar-refractivity contribution in [1.29, 1.82) is 0 Å². The summed E-state index contributed by atoms with van der Waals surface area (Å²) in [4.78, 5) is 28.6. The Hall–Kier alpha value is -3.65. The van der Waals surface area contributed by atoms with E-state index in [1.165, 1.54) is 0 Å². The van der Waals surface area contributed by atoms with Gasteiger partial charge in [0.05, 0.1) is 5.57 Å². The standard InChI is InChI=1S/C20H16N4O3S/c21-17(25)16-19(28-20(23-16)22-14-7-2-1-3-8-14)24-18(26)13-10-12-6-4-5-9-15(12)27-11-13/h1-10H,11H2,(H2,21,25)(H,22,23)(H,24,26). The number of amides is 2. The van der Waals surface area contributed by atoms with Gasteiger partial charge in [0.25, 0.3) is 11.8 Å². The van der Waals surface area contributed by atoms with Gasteiger partial charge >= 0.3 is 0 Å². The van der Waals surface area contributed by atoms with Crippen LogP contribution in [0.2, 0.25) is 0 Å². The Morgan fingerprint density at radius 3 is 2.61 bits per heavy atom. The van der Waals surface area contributed by atoms with E-state index in [0.29, 0.717) is 10.7 Å². The zero-order valence-corrected chi connectivity index (χ0v) is 15.5. The molecule has 0 saturated carbocycles. The maximum Gasteiger partial charge on any atom is 0.270 e. The van der Waals surface area contributed by atoms with Crippen LogP contribution in [0.4, 0.5) is 15.8 Å². The Balaban J connectivity index is 1.56. The van der Waals surface area contributed by atoms with Crippen molar-refractivity contribution in [3.63, 3.8) is 0 Å². The maximum absolute atomic E-state index is 12.7. The van der Waals surface area contributed by atoms with Gasteiger partial charge in [0, 0.05) is 11.3 Å². The number of hydrogen-bond acceptors (Lipinski definition) is 6. The molecular formula is C20H16N4O3S. The number of nitrogens with zero attached hydrogens (tertiary/aromatic N) is 1. The Labute approximate surface area is 164 Å². The van der Waals surface area contributed by atoms with Crippen molar-refractivity contribution in [3.8, 4) is 5.75 Å². The van der Waals surface area contributed by atoms with E-state index >= 15 is 0 Å². The summed E-state index contributed by atoms with van der Waals surface area (Å²) in [5, 5.41) is 6.56. The molecule has 140 valence electrons. The van der Waals surface area contributed by atoms with E-state index in [0.717, 1.165) is 28.3 Å². The summed E-state index contributed by atoms with van der Waals surface area (Å²) < 4.78 is 5.61. The van der Waals surface area contributed by atoms with Crippen molar-refractivity contribution in [1.82, 2.24) is 4.98 Å². The van der Waals surface area contributed by atoms with Crippen LogP contribution >= 0.6 is 11.3 Å². The number of thiazole rings is 1. The van der Waals surface area contributed by atoms with Crippen LogP contribution in [0.1, 0.15) is 16.1 Å². The summed E-state index contributed by atoms with van der Waals surface area (Å²) in [6.07, 6.45) is 1.77. The van der Waals surface area contributed by atoms with Crippen molar-refractivity contribution in [2.45, 2.75) is 0 Å². The quantitative estimate of drug-likeness (QED) is 0.617. The molecule has 0 atom stereocenters. The summed E-state index contributed by atoms with van der Waals surface area (Å²) >= 11 is 1.14. The molecule has 1 aliphatic heterocycles. The summed E-state index contributed by atoms with van der Waals surface area (Å²) in [7, 11) is 0. The lowest BCUT2D eigenvalue weighted by Crippen LogP contribution is -2.22. The van der Waals surface area contributed by atoms with Crippen LogP contribution in [0, 0.1) is 0 Å². The lowest BCUT2D eigenvalue weighted by atomic mass is 10.1. The topological polar surface area (TPSA) is 106 Å². The lowest BCUT2D eigenvalue weighted by Gasteiger charge is -2.17. The maximum atomic E-state index is 12.7. The first-order valence-electron chi connectivity index (χ1n) is 8.46. The van der Waals surface area contributed by atoms with Crippen LogP contribution < -0.4 is 21.1 Å². The van der Waals surface area contributed by atoms with E-state index < -0.39 is 5.91 Å². The van der Waals surface area contributed by atoms with Crippen LogP contribution in [0.25, 0.3) is 6.08 Å². The number of benzene rings is 2. The van der Waals surface area contributed by atoms with Crippen LogP contribution in [0.15, 0.2) is 60.2 Å². The second kappa shape index (κ2) is 7.53. The first-order valence-corrected chi connectivity index (χ1v) is 9.28. The Bertz CT molecular complexity index is 1080. The molecule has 7 nitrogen and oxygen atoms in total. The van der Waals surface area contributed by atoms with Crippen molar-refractivity contribution in [2.75, 3.05) is 17.2 Å². The SMILES string of the molecule is NC(=O)c1nc(Nc2ccccc2)sc1NC(=O)C1=Cc2ccccc2OC1. The van der Waals surface area contributed by atoms with Crippen molar-refractivity contribution in [2.24, 2.45) is 5.73 Å². The van der Waals surface area contributed by atoms with Crippen LogP contribution in [-0.4, -0.2) is 23.4 Å². The van der Waals surface area contributed by atoms with Crippen LogP contribution in [-0.2, 0) is 4.79 Å². The van der Waals surface area contributed by atoms with Gasteiger partial charge in [-0.3, -0.25) is 9.59 Å². The second-order valence-electron chi connectivity index (χ2n) is 6.00. The third-order valence-electron chi connectivity index (χ3n) is 4.04. The van der Waals surface area contributed by atoms with E-state index in [2.05, 4.69) is 15.6 Å². The minimum Gasteiger partial charge on any atom is -0.488 e. The molecule has 1 aromatic heterocycles. The number of para-hydroxylation sites is 2. The molecule has 3 aromatic rings. The zero-order chi connectivity index (χ0) is 19.5. The fourth-order valence-corrected chi connectivity index (χ4v) is 3.59. The van der Waals surface area contributed by atoms with Crippen molar-refractivity contribution >= 4 is 45.0 Å². The molecule has 0 spiro atoms. The van der Waals surface area contributed by atoms with Crippen molar-refractivity contribution < 1.29 is 14.3 Å². The first-order chi connectivity index (χ1) is 13.6. The van der Waals surface area contributed by atoms with E-state index in [1.807, 2.05) is 54.6 Å². The number of nitrogens with one attached hydrogen (secondary N) is 2. The highest BCUT2D eigenvalue weighted by molar-refractivity contribution is 7.20. The molecule has 0 aliphatic carbocycles. The molecule has 4 N–H and O–H groups in total. The third-order valence-corrected chi connectivity index (χ3v) is 4.92. The van der Waals surface area contributed by atoms with E-state index in [-0.39, 0.29) is 23.2 Å². The molecule has 1 aliphatic rings. The molecule has 0 fully saturated rings. The minimum atomic E-state index is -0.716. The van der Waals surface area contributed by atoms with Crippen molar-refractivity contribution in [3.05, 3.63) is 71.4 Å². The van der Waals surface area contributed by atoms with Gasteiger partial charge in [0.1, 0.15) is 17.4 Å². The smallest absolute Gasteiger partial charge is 0.270 e. The molecule has 0 radical (unpaired) electrons. The predicted molar refractivity (Wildman–Crippen MR) is 109 cm³/mol. The molecule has 2 aromatic carbocycles. The average molecular weight is 392 g/mol. The third kappa shape index (κ3) is 3.72. The summed E-state index contributed by atoms with van der Waals surface area (Å²) in [5.41, 5.74) is 7.51. The Kier molecular flexibility index (Phi) is 4.77. The number of primary amides is 1. The zero-order valence-electron chi connectivity index (χ0n) is 14.6. The number of hydrogen-bond donors (Lipinski definition) is 3. The molecular weight excluding hydrogens is 376 g/mol. The van der Waals surface area contributed by atoms with Crippen LogP contribution in [0.3, 0.4) is 0 Å². The van der Waals surface area contributed by atoms with E-state index in [1.54, 1.807) is 6.08 Å². The largest absolute Gasteiger partial charge is 0.488 e. The van der Waals surface area contributed by atoms with Gasteiger partial charge in [0.2, 0.25) is 0 Å². The fourth-order valence-electron chi connectivity index (χ4n) is 2.70. The van der Waals surface area contributed by atoms with Gasteiger partial charge in [-0.2, -0.15) is 0 Å². The molecule has 0 saturated heterocycles. The van der Waals surface area contributed by atoms with E-state index in [4.69, 9.17) is 10.5 Å². The molecule has 4 rings (SSSR count). The number of anilines is 3. The molecule has 28 heavy (non-hydrogen) atoms. The highest BCUT2D eigenvalue weighted by atomic mass is 32.1. The second-order valence-corrected chi connectivity index (χ2v) is 7.00. The highest BCUT2D eigenvalue weighted by Crippen LogP contribution is 2.32. The summed E-state index contributed by atoms with van der Waals surface area (Å²) in [5.74, 6) is -0.359. The number of fused-ring (bicyclic) bond motifs is 1. The van der Waals surface area contributed by atoms with Gasteiger partial charge in [-0.1, -0.05) is 47.7 Å². The predicted octanol–water partition coefficient (Wildman–Crippen LogP) is 3.40. The fraction of sp³-hybridized carbons (Fsp3) is 0.0500. The molecule has 0 unspecified atom stereocenters. The van der Waals surface area contributed by atoms with Gasteiger partial charge in [0.15, 0.2) is 10.8 Å². The van der Waals surface area contributed by atoms with Gasteiger partial charge in [-0.25, -0.2) is 4.98 Å². The van der Waals surface area contributed by atoms with Crippen LogP contribution in [0.5, 0.6) is 5.75 Å². The lowest BCUT2D eigenvalue weighted by molar-refractivity contribution is -0.113. The Morgan fingerprint density at radius 1 is 1.07 bits per heavy atom. The van der Waals surface area contributed by atoms with Gasteiger partial charge in [-0.15, -0.1) is 0 Å². The average Bonchev–Trinajstić information content (AvgIpc) is 3.10. The number of ether oxygens (including phenoxy) is 1. The molecule has 2 heterocycles. The number of carbonyl (C=O) groups is 2. The first kappa shape index (κ1) is 17.7. The summed E-state index contributed by atoms with van der Waals surface area (Å²) in [6, 6.07) is 16.8. The number of rotatable bonds is 5. The number of nitrogens with two attached hydrogens (primary N) is 1. The number of aromatic nitrogens is 1. The normalized spacial score (nSPS) is 12.4. The van der Waals surface area contributed by atoms with Gasteiger partial charge in [-0.05, 0) is 24.3 Å². The highest BCUT2D eigenvalue weighted by Gasteiger charge is 2.22. The Morgan fingerprint density at radius 2 is 1.82 bits per heavy atom. The molecule has 2 amide bonds. The molecule has 0 bridgehead atoms. The molecule has 8 heteroatoms. The minimum absolute atomic E-state index is 0.00880. The summed E-state index contributed by atoms with van der Waals surface area (Å²) in [6.45, 7) is 0.142. The number of carbonyl (C=O) groups excluding carboxylic acids is 2. The van der Waals surface area contributed by atoms with E-state index in [9.17, 15) is 9.59 Å². The van der Waals surface area contributed by atoms with Gasteiger partial charge < -0.3 is 21.1 Å². The monoisotopic (exact) mass is 392 g/mol.